The van der Waals surface area contributed by atoms with Crippen LogP contribution < -0.4 is 0 Å². The Bertz CT molecular complexity index is 1150. The van der Waals surface area contributed by atoms with Gasteiger partial charge in [-0.05, 0) is 60.1 Å². The third-order valence-corrected chi connectivity index (χ3v) is 6.40. The molecule has 0 aliphatic rings. The fourth-order valence-electron chi connectivity index (χ4n) is 4.26. The Morgan fingerprint density at radius 1 is 0.463 bits per heavy atom. The highest BCUT2D eigenvalue weighted by Gasteiger charge is 2.11. The topological polar surface area (TPSA) is 36.9 Å². The zero-order valence-corrected chi connectivity index (χ0v) is 25.2. The van der Waals surface area contributed by atoms with E-state index in [0.29, 0.717) is 26.4 Å². The standard InChI is InChI=1S/C20H26O2.C17H20O2/c1-3-13-21-15-17-5-9-19(10-6-17)20-11-7-18(8-12-20)16-22-14-4-2;1-3-18-17(19-4-2)16-12-10-15(11-13-16)14-8-6-5-7-9-14/h5-12H,3-4,13-16H2,1-2H3;5-13,17H,3-4H2,1-2H3. The molecular formula is C37H46O4. The normalized spacial score (nSPS) is 10.9. The van der Waals surface area contributed by atoms with Crippen LogP contribution in [0.3, 0.4) is 0 Å². The number of ether oxygens (including phenoxy) is 4. The maximum absolute atomic E-state index is 5.59. The molecule has 4 aromatic carbocycles. The molecule has 4 nitrogen and oxygen atoms in total. The van der Waals surface area contributed by atoms with Gasteiger partial charge in [0.1, 0.15) is 0 Å². The van der Waals surface area contributed by atoms with Crippen molar-refractivity contribution in [2.24, 2.45) is 0 Å². The summed E-state index contributed by atoms with van der Waals surface area (Å²) < 4.78 is 22.3. The Balaban J connectivity index is 0.000000228. The molecule has 0 saturated carbocycles. The Kier molecular flexibility index (Phi) is 14.9. The van der Waals surface area contributed by atoms with E-state index in [-0.39, 0.29) is 6.29 Å². The van der Waals surface area contributed by atoms with E-state index in [9.17, 15) is 0 Å². The minimum Gasteiger partial charge on any atom is -0.377 e. The van der Waals surface area contributed by atoms with Crippen molar-refractivity contribution in [3.63, 3.8) is 0 Å². The van der Waals surface area contributed by atoms with Gasteiger partial charge in [0.05, 0.1) is 13.2 Å². The summed E-state index contributed by atoms with van der Waals surface area (Å²) in [6, 6.07) is 35.9. The summed E-state index contributed by atoms with van der Waals surface area (Å²) in [6.07, 6.45) is 1.86. The van der Waals surface area contributed by atoms with E-state index in [1.807, 2.05) is 32.0 Å². The molecule has 0 amide bonds. The highest BCUT2D eigenvalue weighted by molar-refractivity contribution is 5.64. The van der Waals surface area contributed by atoms with Crippen molar-refractivity contribution in [1.82, 2.24) is 0 Å². The van der Waals surface area contributed by atoms with E-state index < -0.39 is 0 Å². The second kappa shape index (κ2) is 19.0. The monoisotopic (exact) mass is 554 g/mol. The van der Waals surface area contributed by atoms with Crippen molar-refractivity contribution in [3.05, 3.63) is 120 Å². The van der Waals surface area contributed by atoms with Gasteiger partial charge in [0.2, 0.25) is 0 Å². The van der Waals surface area contributed by atoms with Gasteiger partial charge in [0.15, 0.2) is 6.29 Å². The minimum atomic E-state index is -0.264. The lowest BCUT2D eigenvalue weighted by Gasteiger charge is -2.17. The van der Waals surface area contributed by atoms with Crippen molar-refractivity contribution in [1.29, 1.82) is 0 Å². The molecule has 0 N–H and O–H groups in total. The maximum Gasteiger partial charge on any atom is 0.183 e. The SMILES string of the molecule is CCCOCc1ccc(-c2ccc(COCCC)cc2)cc1.CCOC(OCC)c1ccc(-c2ccccc2)cc1. The van der Waals surface area contributed by atoms with Gasteiger partial charge in [-0.15, -0.1) is 0 Å². The van der Waals surface area contributed by atoms with Crippen LogP contribution in [0.2, 0.25) is 0 Å². The molecule has 0 saturated heterocycles. The third-order valence-electron chi connectivity index (χ3n) is 6.40. The lowest BCUT2D eigenvalue weighted by molar-refractivity contribution is -0.140. The van der Waals surface area contributed by atoms with Gasteiger partial charge in [-0.1, -0.05) is 117 Å². The first-order chi connectivity index (χ1) is 20.2. The Labute approximate surface area is 247 Å². The highest BCUT2D eigenvalue weighted by Crippen LogP contribution is 2.24. The molecule has 0 aliphatic carbocycles. The molecule has 0 radical (unpaired) electrons. The highest BCUT2D eigenvalue weighted by atomic mass is 16.7. The molecule has 0 bridgehead atoms. The maximum atomic E-state index is 5.59. The fraction of sp³-hybridized carbons (Fsp3) is 0.351. The van der Waals surface area contributed by atoms with Crippen LogP contribution >= 0.6 is 0 Å². The molecule has 0 unspecified atom stereocenters. The van der Waals surface area contributed by atoms with E-state index in [1.54, 1.807) is 0 Å². The summed E-state index contributed by atoms with van der Waals surface area (Å²) in [5, 5.41) is 0. The molecule has 4 rings (SSSR count). The summed E-state index contributed by atoms with van der Waals surface area (Å²) >= 11 is 0. The number of benzene rings is 4. The van der Waals surface area contributed by atoms with Crippen LogP contribution in [0.5, 0.6) is 0 Å². The summed E-state index contributed by atoms with van der Waals surface area (Å²) in [4.78, 5) is 0. The van der Waals surface area contributed by atoms with Gasteiger partial charge >= 0.3 is 0 Å². The lowest BCUT2D eigenvalue weighted by Crippen LogP contribution is -2.08. The number of rotatable bonds is 15. The Morgan fingerprint density at radius 2 is 0.854 bits per heavy atom. The van der Waals surface area contributed by atoms with Gasteiger partial charge in [0, 0.05) is 32.0 Å². The summed E-state index contributed by atoms with van der Waals surface area (Å²) in [7, 11) is 0. The molecule has 0 spiro atoms. The summed E-state index contributed by atoms with van der Waals surface area (Å²) in [5.74, 6) is 0. The van der Waals surface area contributed by atoms with Gasteiger partial charge in [-0.2, -0.15) is 0 Å². The van der Waals surface area contributed by atoms with Crippen LogP contribution in [0.1, 0.15) is 63.5 Å². The zero-order valence-electron chi connectivity index (χ0n) is 25.2. The molecular weight excluding hydrogens is 508 g/mol. The van der Waals surface area contributed by atoms with Gasteiger partial charge in [0.25, 0.3) is 0 Å². The van der Waals surface area contributed by atoms with E-state index in [0.717, 1.165) is 31.6 Å². The first-order valence-electron chi connectivity index (χ1n) is 14.9. The van der Waals surface area contributed by atoms with Crippen LogP contribution in [0, 0.1) is 0 Å². The second-order valence-corrected chi connectivity index (χ2v) is 9.73. The third kappa shape index (κ3) is 11.3. The van der Waals surface area contributed by atoms with E-state index in [4.69, 9.17) is 18.9 Å². The largest absolute Gasteiger partial charge is 0.377 e. The van der Waals surface area contributed by atoms with Crippen molar-refractivity contribution < 1.29 is 18.9 Å². The Morgan fingerprint density at radius 3 is 1.24 bits per heavy atom. The predicted molar refractivity (Wildman–Crippen MR) is 170 cm³/mol. The van der Waals surface area contributed by atoms with Crippen LogP contribution in [-0.2, 0) is 32.2 Å². The van der Waals surface area contributed by atoms with Crippen LogP contribution in [0.4, 0.5) is 0 Å². The van der Waals surface area contributed by atoms with Gasteiger partial charge in [-0.3, -0.25) is 0 Å². The average Bonchev–Trinajstić information content (AvgIpc) is 3.03. The van der Waals surface area contributed by atoms with Crippen LogP contribution in [0.15, 0.2) is 103 Å². The van der Waals surface area contributed by atoms with Gasteiger partial charge in [-0.25, -0.2) is 0 Å². The van der Waals surface area contributed by atoms with Crippen molar-refractivity contribution in [2.45, 2.75) is 60.0 Å². The minimum absolute atomic E-state index is 0.264. The average molecular weight is 555 g/mol. The van der Waals surface area contributed by atoms with E-state index in [2.05, 4.69) is 98.8 Å². The molecule has 4 heteroatoms. The van der Waals surface area contributed by atoms with Gasteiger partial charge < -0.3 is 18.9 Å². The quantitative estimate of drug-likeness (QED) is 0.108. The number of hydrogen-bond donors (Lipinski definition) is 0. The fourth-order valence-corrected chi connectivity index (χ4v) is 4.26. The summed E-state index contributed by atoms with van der Waals surface area (Å²) in [6.45, 7) is 12.5. The van der Waals surface area contributed by atoms with Crippen molar-refractivity contribution in [3.8, 4) is 22.3 Å². The van der Waals surface area contributed by atoms with E-state index in [1.165, 1.54) is 33.4 Å². The molecule has 41 heavy (non-hydrogen) atoms. The molecule has 0 aliphatic heterocycles. The molecule has 0 fully saturated rings. The van der Waals surface area contributed by atoms with E-state index >= 15 is 0 Å². The lowest BCUT2D eigenvalue weighted by atomic mass is 10.0. The Hall–Kier alpha value is -3.28. The second-order valence-electron chi connectivity index (χ2n) is 9.73. The van der Waals surface area contributed by atoms with Crippen molar-refractivity contribution in [2.75, 3.05) is 26.4 Å². The first kappa shape index (κ1) is 32.2. The molecule has 218 valence electrons. The number of hydrogen-bond acceptors (Lipinski definition) is 4. The van der Waals surface area contributed by atoms with Crippen molar-refractivity contribution >= 4 is 0 Å². The van der Waals surface area contributed by atoms with Crippen LogP contribution in [0.25, 0.3) is 22.3 Å². The molecule has 4 aromatic rings. The zero-order chi connectivity index (χ0) is 29.1. The molecule has 0 aromatic heterocycles. The summed E-state index contributed by atoms with van der Waals surface area (Å²) in [5.41, 5.74) is 8.40. The predicted octanol–water partition coefficient (Wildman–Crippen LogP) is 9.63. The molecule has 0 heterocycles. The first-order valence-corrected chi connectivity index (χ1v) is 14.9. The smallest absolute Gasteiger partial charge is 0.183 e. The molecule has 0 atom stereocenters. The van der Waals surface area contributed by atoms with Crippen LogP contribution in [-0.4, -0.2) is 26.4 Å².